The standard InChI is InChI=1S/C19H23N3O2/c1-2-24-18-17(8-4-10-21-18)19(23)22-11-5-7-16(14-22)12-15-6-3-9-20-13-15/h3-4,6,8-10,13,16H,2,5,7,11-12,14H2,1H3/t16-/m1/s1. The normalized spacial score (nSPS) is 17.5. The minimum atomic E-state index is 0.0161. The summed E-state index contributed by atoms with van der Waals surface area (Å²) in [6, 6.07) is 7.64. The molecule has 1 aliphatic heterocycles. The van der Waals surface area contributed by atoms with Crippen molar-refractivity contribution in [2.24, 2.45) is 5.92 Å². The van der Waals surface area contributed by atoms with Gasteiger partial charge in [0.1, 0.15) is 5.56 Å². The number of carbonyl (C=O) groups is 1. The lowest BCUT2D eigenvalue weighted by Gasteiger charge is -2.33. The summed E-state index contributed by atoms with van der Waals surface area (Å²) in [5, 5.41) is 0. The fourth-order valence-electron chi connectivity index (χ4n) is 3.24. The monoisotopic (exact) mass is 325 g/mol. The summed E-state index contributed by atoms with van der Waals surface area (Å²) in [5.74, 6) is 0.918. The molecule has 126 valence electrons. The molecule has 0 aromatic carbocycles. The van der Waals surface area contributed by atoms with E-state index >= 15 is 0 Å². The summed E-state index contributed by atoms with van der Waals surface area (Å²) in [7, 11) is 0. The first-order valence-electron chi connectivity index (χ1n) is 8.54. The van der Waals surface area contributed by atoms with Crippen LogP contribution in [-0.2, 0) is 6.42 Å². The number of rotatable bonds is 5. The average molecular weight is 325 g/mol. The molecule has 3 rings (SSSR count). The number of carbonyl (C=O) groups excluding carboxylic acids is 1. The van der Waals surface area contributed by atoms with Crippen molar-refractivity contribution in [1.29, 1.82) is 0 Å². The number of hydrogen-bond acceptors (Lipinski definition) is 4. The van der Waals surface area contributed by atoms with E-state index in [2.05, 4.69) is 16.0 Å². The number of pyridine rings is 2. The predicted octanol–water partition coefficient (Wildman–Crippen LogP) is 2.97. The van der Waals surface area contributed by atoms with Gasteiger partial charge in [-0.1, -0.05) is 6.07 Å². The highest BCUT2D eigenvalue weighted by Gasteiger charge is 2.26. The van der Waals surface area contributed by atoms with Crippen LogP contribution < -0.4 is 4.74 Å². The van der Waals surface area contributed by atoms with Gasteiger partial charge in [-0.05, 0) is 55.9 Å². The molecule has 0 radical (unpaired) electrons. The Bertz CT molecular complexity index is 675. The summed E-state index contributed by atoms with van der Waals surface area (Å²) in [6.45, 7) is 3.96. The number of piperidine rings is 1. The summed E-state index contributed by atoms with van der Waals surface area (Å²) in [4.78, 5) is 23.2. The van der Waals surface area contributed by atoms with Crippen molar-refractivity contribution in [2.45, 2.75) is 26.2 Å². The first-order valence-corrected chi connectivity index (χ1v) is 8.54. The van der Waals surface area contributed by atoms with Gasteiger partial charge in [-0.15, -0.1) is 0 Å². The molecule has 1 amide bonds. The second-order valence-electron chi connectivity index (χ2n) is 6.11. The summed E-state index contributed by atoms with van der Waals surface area (Å²) >= 11 is 0. The number of amides is 1. The van der Waals surface area contributed by atoms with Gasteiger partial charge >= 0.3 is 0 Å². The van der Waals surface area contributed by atoms with Crippen LogP contribution in [0, 0.1) is 5.92 Å². The molecule has 5 nitrogen and oxygen atoms in total. The van der Waals surface area contributed by atoms with Gasteiger partial charge in [-0.25, -0.2) is 4.98 Å². The largest absolute Gasteiger partial charge is 0.477 e. The Balaban J connectivity index is 1.69. The predicted molar refractivity (Wildman–Crippen MR) is 92.0 cm³/mol. The van der Waals surface area contributed by atoms with E-state index in [-0.39, 0.29) is 5.91 Å². The maximum atomic E-state index is 12.9. The van der Waals surface area contributed by atoms with E-state index in [1.54, 1.807) is 24.5 Å². The first-order chi connectivity index (χ1) is 11.8. The topological polar surface area (TPSA) is 55.3 Å². The molecule has 2 aromatic heterocycles. The molecule has 24 heavy (non-hydrogen) atoms. The highest BCUT2D eigenvalue weighted by atomic mass is 16.5. The Kier molecular flexibility index (Phi) is 5.41. The Labute approximate surface area is 142 Å². The number of hydrogen-bond donors (Lipinski definition) is 0. The Morgan fingerprint density at radius 1 is 1.33 bits per heavy atom. The summed E-state index contributed by atoms with van der Waals surface area (Å²) in [5.41, 5.74) is 1.79. The second kappa shape index (κ2) is 7.90. The molecule has 0 aliphatic carbocycles. The van der Waals surface area contributed by atoms with Crippen molar-refractivity contribution in [3.05, 3.63) is 54.0 Å². The third-order valence-electron chi connectivity index (χ3n) is 4.34. The van der Waals surface area contributed by atoms with E-state index in [1.165, 1.54) is 5.56 Å². The molecule has 1 atom stereocenters. The lowest BCUT2D eigenvalue weighted by atomic mass is 9.91. The van der Waals surface area contributed by atoms with Crippen LogP contribution in [0.15, 0.2) is 42.9 Å². The van der Waals surface area contributed by atoms with Gasteiger partial charge in [-0.3, -0.25) is 9.78 Å². The molecule has 0 unspecified atom stereocenters. The number of aromatic nitrogens is 2. The molecule has 0 spiro atoms. The highest BCUT2D eigenvalue weighted by Crippen LogP contribution is 2.24. The smallest absolute Gasteiger partial charge is 0.259 e. The summed E-state index contributed by atoms with van der Waals surface area (Å²) < 4.78 is 5.50. The maximum absolute atomic E-state index is 12.9. The second-order valence-corrected chi connectivity index (χ2v) is 6.11. The van der Waals surface area contributed by atoms with Crippen molar-refractivity contribution in [1.82, 2.24) is 14.9 Å². The van der Waals surface area contributed by atoms with Crippen LogP contribution in [0.25, 0.3) is 0 Å². The molecule has 3 heterocycles. The third kappa shape index (κ3) is 3.91. The van der Waals surface area contributed by atoms with Crippen LogP contribution in [-0.4, -0.2) is 40.5 Å². The molecule has 5 heteroatoms. The lowest BCUT2D eigenvalue weighted by Crippen LogP contribution is -2.40. The van der Waals surface area contributed by atoms with Gasteiger partial charge in [0.05, 0.1) is 6.61 Å². The van der Waals surface area contributed by atoms with Crippen LogP contribution in [0.2, 0.25) is 0 Å². The van der Waals surface area contributed by atoms with Crippen LogP contribution in [0.1, 0.15) is 35.7 Å². The minimum Gasteiger partial charge on any atom is -0.477 e. The molecule has 1 aliphatic rings. The van der Waals surface area contributed by atoms with E-state index in [0.717, 1.165) is 32.4 Å². The van der Waals surface area contributed by atoms with Gasteiger partial charge in [0, 0.05) is 31.7 Å². The van der Waals surface area contributed by atoms with E-state index < -0.39 is 0 Å². The fourth-order valence-corrected chi connectivity index (χ4v) is 3.24. The maximum Gasteiger partial charge on any atom is 0.259 e. The third-order valence-corrected chi connectivity index (χ3v) is 4.34. The van der Waals surface area contributed by atoms with Gasteiger partial charge < -0.3 is 9.64 Å². The quantitative estimate of drug-likeness (QED) is 0.848. The van der Waals surface area contributed by atoms with Crippen LogP contribution in [0.4, 0.5) is 0 Å². The van der Waals surface area contributed by atoms with Gasteiger partial charge in [0.25, 0.3) is 5.91 Å². The molecular formula is C19H23N3O2. The van der Waals surface area contributed by atoms with Crippen molar-refractivity contribution < 1.29 is 9.53 Å². The lowest BCUT2D eigenvalue weighted by molar-refractivity contribution is 0.0668. The van der Waals surface area contributed by atoms with E-state index in [1.807, 2.05) is 24.1 Å². The zero-order chi connectivity index (χ0) is 16.8. The molecule has 2 aromatic rings. The first kappa shape index (κ1) is 16.4. The minimum absolute atomic E-state index is 0.0161. The SMILES string of the molecule is CCOc1ncccc1C(=O)N1CCC[C@H](Cc2cccnc2)C1. The molecule has 0 N–H and O–H groups in total. The molecular weight excluding hydrogens is 302 g/mol. The molecule has 0 bridgehead atoms. The van der Waals surface area contributed by atoms with Gasteiger partial charge in [0.15, 0.2) is 0 Å². The summed E-state index contributed by atoms with van der Waals surface area (Å²) in [6.07, 6.45) is 8.49. The number of ether oxygens (including phenoxy) is 1. The molecule has 1 saturated heterocycles. The van der Waals surface area contributed by atoms with E-state index in [0.29, 0.717) is 24.0 Å². The average Bonchev–Trinajstić information content (AvgIpc) is 2.63. The van der Waals surface area contributed by atoms with Crippen LogP contribution in [0.3, 0.4) is 0 Å². The van der Waals surface area contributed by atoms with Crippen molar-refractivity contribution in [2.75, 3.05) is 19.7 Å². The van der Waals surface area contributed by atoms with Crippen molar-refractivity contribution >= 4 is 5.91 Å². The van der Waals surface area contributed by atoms with E-state index in [4.69, 9.17) is 4.74 Å². The fraction of sp³-hybridized carbons (Fsp3) is 0.421. The van der Waals surface area contributed by atoms with Gasteiger partial charge in [0.2, 0.25) is 5.88 Å². The van der Waals surface area contributed by atoms with Crippen molar-refractivity contribution in [3.63, 3.8) is 0 Å². The van der Waals surface area contributed by atoms with Crippen LogP contribution in [0.5, 0.6) is 5.88 Å². The molecule has 0 saturated carbocycles. The zero-order valence-electron chi connectivity index (χ0n) is 14.0. The zero-order valence-corrected chi connectivity index (χ0v) is 14.0. The van der Waals surface area contributed by atoms with Gasteiger partial charge in [-0.2, -0.15) is 0 Å². The Morgan fingerprint density at radius 2 is 2.21 bits per heavy atom. The molecule has 1 fully saturated rings. The van der Waals surface area contributed by atoms with Crippen LogP contribution >= 0.6 is 0 Å². The Hall–Kier alpha value is -2.43. The van der Waals surface area contributed by atoms with E-state index in [9.17, 15) is 4.79 Å². The number of nitrogens with zero attached hydrogens (tertiary/aromatic N) is 3. The highest BCUT2D eigenvalue weighted by molar-refractivity contribution is 5.96. The van der Waals surface area contributed by atoms with Crippen molar-refractivity contribution in [3.8, 4) is 5.88 Å². The Morgan fingerprint density at radius 3 is 3.00 bits per heavy atom. The number of likely N-dealkylation sites (tertiary alicyclic amines) is 1.